The van der Waals surface area contributed by atoms with Crippen molar-refractivity contribution in [1.29, 1.82) is 0 Å². The second-order valence-electron chi connectivity index (χ2n) is 5.72. The van der Waals surface area contributed by atoms with Gasteiger partial charge < -0.3 is 9.42 Å². The lowest BCUT2D eigenvalue weighted by Crippen LogP contribution is -2.26. The molecule has 128 valence electrons. The molecule has 0 fully saturated rings. The normalized spacial score (nSPS) is 10.6. The van der Waals surface area contributed by atoms with Crippen LogP contribution in [0.15, 0.2) is 59.1 Å². The van der Waals surface area contributed by atoms with Gasteiger partial charge in [0.25, 0.3) is 0 Å². The molecule has 0 unspecified atom stereocenters. The van der Waals surface area contributed by atoms with E-state index in [-0.39, 0.29) is 12.5 Å². The fraction of sp³-hybridized carbons (Fsp3) is 0.211. The minimum Gasteiger partial charge on any atom is -0.337 e. The number of rotatable bonds is 6. The molecular formula is C19H18ClN3O2. The molecule has 0 atom stereocenters. The van der Waals surface area contributed by atoms with Gasteiger partial charge in [0.15, 0.2) is 0 Å². The summed E-state index contributed by atoms with van der Waals surface area (Å²) in [6.45, 7) is 0.279. The summed E-state index contributed by atoms with van der Waals surface area (Å²) >= 11 is 6.12. The van der Waals surface area contributed by atoms with E-state index in [9.17, 15) is 4.79 Å². The standard InChI is InChI=1S/C19H18ClN3O2/c1-23(18(24)12-11-14-7-5-6-10-16(14)20)13-17-21-19(22-25-17)15-8-3-2-4-9-15/h2-10H,11-13H2,1H3. The second-order valence-corrected chi connectivity index (χ2v) is 6.13. The van der Waals surface area contributed by atoms with Crippen LogP contribution in [0.2, 0.25) is 5.02 Å². The number of amides is 1. The summed E-state index contributed by atoms with van der Waals surface area (Å²) < 4.78 is 5.25. The molecule has 0 N–H and O–H groups in total. The highest BCUT2D eigenvalue weighted by molar-refractivity contribution is 6.31. The summed E-state index contributed by atoms with van der Waals surface area (Å²) in [7, 11) is 1.72. The van der Waals surface area contributed by atoms with Crippen LogP contribution in [0.5, 0.6) is 0 Å². The summed E-state index contributed by atoms with van der Waals surface area (Å²) in [5.74, 6) is 0.930. The molecule has 0 aliphatic carbocycles. The summed E-state index contributed by atoms with van der Waals surface area (Å²) in [5, 5.41) is 4.65. The van der Waals surface area contributed by atoms with Crippen molar-refractivity contribution >= 4 is 17.5 Å². The van der Waals surface area contributed by atoms with Gasteiger partial charge in [0.2, 0.25) is 17.6 Å². The minimum atomic E-state index is -0.000573. The van der Waals surface area contributed by atoms with Crippen molar-refractivity contribution in [2.24, 2.45) is 0 Å². The lowest BCUT2D eigenvalue weighted by molar-refractivity contribution is -0.130. The fourth-order valence-electron chi connectivity index (χ4n) is 2.45. The molecule has 1 heterocycles. The Kier molecular flexibility index (Phi) is 5.46. The Morgan fingerprint density at radius 1 is 1.12 bits per heavy atom. The Morgan fingerprint density at radius 2 is 1.84 bits per heavy atom. The molecule has 6 heteroatoms. The number of halogens is 1. The predicted octanol–water partition coefficient (Wildman–Crippen LogP) is 3.98. The molecule has 0 spiro atoms. The van der Waals surface area contributed by atoms with Gasteiger partial charge in [-0.15, -0.1) is 0 Å². The molecule has 0 aliphatic heterocycles. The Bertz CT molecular complexity index is 849. The minimum absolute atomic E-state index is 0.000573. The van der Waals surface area contributed by atoms with Crippen molar-refractivity contribution in [2.75, 3.05) is 7.05 Å². The van der Waals surface area contributed by atoms with Crippen LogP contribution in [-0.4, -0.2) is 28.0 Å². The van der Waals surface area contributed by atoms with Gasteiger partial charge in [-0.25, -0.2) is 0 Å². The fourth-order valence-corrected chi connectivity index (χ4v) is 2.68. The van der Waals surface area contributed by atoms with Crippen molar-refractivity contribution in [1.82, 2.24) is 15.0 Å². The average Bonchev–Trinajstić information content (AvgIpc) is 3.10. The van der Waals surface area contributed by atoms with Crippen LogP contribution < -0.4 is 0 Å². The first-order chi connectivity index (χ1) is 12.1. The molecule has 1 amide bonds. The SMILES string of the molecule is CN(Cc1nc(-c2ccccc2)no1)C(=O)CCc1ccccc1Cl. The second kappa shape index (κ2) is 7.94. The van der Waals surface area contributed by atoms with Gasteiger partial charge in [0.05, 0.1) is 6.54 Å². The Balaban J connectivity index is 1.57. The maximum atomic E-state index is 12.3. The largest absolute Gasteiger partial charge is 0.337 e. The van der Waals surface area contributed by atoms with E-state index < -0.39 is 0 Å². The van der Waals surface area contributed by atoms with E-state index in [4.69, 9.17) is 16.1 Å². The summed E-state index contributed by atoms with van der Waals surface area (Å²) in [6, 6.07) is 17.1. The molecular weight excluding hydrogens is 338 g/mol. The van der Waals surface area contributed by atoms with E-state index in [1.165, 1.54) is 0 Å². The predicted molar refractivity (Wildman–Crippen MR) is 96.0 cm³/mol. The van der Waals surface area contributed by atoms with Crippen LogP contribution in [0.25, 0.3) is 11.4 Å². The molecule has 2 aromatic carbocycles. The third-order valence-corrected chi connectivity index (χ3v) is 4.23. The van der Waals surface area contributed by atoms with Crippen LogP contribution in [0.3, 0.4) is 0 Å². The summed E-state index contributed by atoms with van der Waals surface area (Å²) in [6.07, 6.45) is 0.974. The quantitative estimate of drug-likeness (QED) is 0.671. The first-order valence-corrected chi connectivity index (χ1v) is 8.36. The highest BCUT2D eigenvalue weighted by atomic mass is 35.5. The van der Waals surface area contributed by atoms with E-state index >= 15 is 0 Å². The van der Waals surface area contributed by atoms with Crippen LogP contribution in [0.1, 0.15) is 17.9 Å². The summed E-state index contributed by atoms with van der Waals surface area (Å²) in [5.41, 5.74) is 1.85. The van der Waals surface area contributed by atoms with Crippen molar-refractivity contribution in [3.8, 4) is 11.4 Å². The third-order valence-electron chi connectivity index (χ3n) is 3.86. The zero-order chi connectivity index (χ0) is 17.6. The molecule has 0 bridgehead atoms. The topological polar surface area (TPSA) is 59.2 Å². The molecule has 5 nitrogen and oxygen atoms in total. The first-order valence-electron chi connectivity index (χ1n) is 7.99. The van der Waals surface area contributed by atoms with Gasteiger partial charge in [-0.1, -0.05) is 65.3 Å². The molecule has 0 aliphatic rings. The molecule has 0 saturated carbocycles. The van der Waals surface area contributed by atoms with Gasteiger partial charge >= 0.3 is 0 Å². The highest BCUT2D eigenvalue weighted by Crippen LogP contribution is 2.18. The zero-order valence-corrected chi connectivity index (χ0v) is 14.6. The monoisotopic (exact) mass is 355 g/mol. The maximum absolute atomic E-state index is 12.3. The number of aryl methyl sites for hydroxylation is 1. The number of carbonyl (C=O) groups excluding carboxylic acids is 1. The molecule has 3 aromatic rings. The van der Waals surface area contributed by atoms with E-state index in [1.54, 1.807) is 11.9 Å². The van der Waals surface area contributed by atoms with E-state index in [0.29, 0.717) is 29.6 Å². The summed E-state index contributed by atoms with van der Waals surface area (Å²) in [4.78, 5) is 18.2. The van der Waals surface area contributed by atoms with E-state index in [1.807, 2.05) is 54.6 Å². The van der Waals surface area contributed by atoms with Crippen molar-refractivity contribution in [3.63, 3.8) is 0 Å². The van der Waals surface area contributed by atoms with Crippen molar-refractivity contribution in [3.05, 3.63) is 71.1 Å². The van der Waals surface area contributed by atoms with Crippen LogP contribution in [-0.2, 0) is 17.8 Å². The lowest BCUT2D eigenvalue weighted by Gasteiger charge is -2.14. The first kappa shape index (κ1) is 17.2. The van der Waals surface area contributed by atoms with Crippen LogP contribution in [0.4, 0.5) is 0 Å². The van der Waals surface area contributed by atoms with E-state index in [0.717, 1.165) is 11.1 Å². The Morgan fingerprint density at radius 3 is 2.60 bits per heavy atom. The highest BCUT2D eigenvalue weighted by Gasteiger charge is 2.15. The molecule has 25 heavy (non-hydrogen) atoms. The molecule has 3 rings (SSSR count). The van der Waals surface area contributed by atoms with Gasteiger partial charge in [-0.2, -0.15) is 4.98 Å². The van der Waals surface area contributed by atoms with Crippen LogP contribution in [0, 0.1) is 0 Å². The maximum Gasteiger partial charge on any atom is 0.246 e. The molecule has 1 aromatic heterocycles. The van der Waals surface area contributed by atoms with Crippen molar-refractivity contribution in [2.45, 2.75) is 19.4 Å². The number of benzene rings is 2. The number of aromatic nitrogens is 2. The number of nitrogens with zero attached hydrogens (tertiary/aromatic N) is 3. The Labute approximate surface area is 151 Å². The van der Waals surface area contributed by atoms with Crippen molar-refractivity contribution < 1.29 is 9.32 Å². The third kappa shape index (κ3) is 4.45. The van der Waals surface area contributed by atoms with Gasteiger partial charge in [-0.05, 0) is 18.1 Å². The zero-order valence-electron chi connectivity index (χ0n) is 13.9. The Hall–Kier alpha value is -2.66. The number of hydrogen-bond acceptors (Lipinski definition) is 4. The lowest BCUT2D eigenvalue weighted by atomic mass is 10.1. The number of carbonyl (C=O) groups is 1. The van der Waals surface area contributed by atoms with Crippen LogP contribution >= 0.6 is 11.6 Å². The molecule has 0 saturated heterocycles. The average molecular weight is 356 g/mol. The van der Waals surface area contributed by atoms with Gasteiger partial charge in [0.1, 0.15) is 0 Å². The number of hydrogen-bond donors (Lipinski definition) is 0. The van der Waals surface area contributed by atoms with E-state index in [2.05, 4.69) is 10.1 Å². The van der Waals surface area contributed by atoms with Gasteiger partial charge in [-0.3, -0.25) is 4.79 Å². The smallest absolute Gasteiger partial charge is 0.246 e. The molecule has 0 radical (unpaired) electrons. The van der Waals surface area contributed by atoms with Gasteiger partial charge in [0, 0.05) is 24.1 Å².